The zero-order valence-corrected chi connectivity index (χ0v) is 42.4. The highest BCUT2D eigenvalue weighted by Gasteiger charge is 2.52. The third-order valence-electron chi connectivity index (χ3n) is 11.6. The Labute approximate surface area is 410 Å². The lowest BCUT2D eigenvalue weighted by Gasteiger charge is -2.35. The van der Waals surface area contributed by atoms with E-state index in [1.807, 2.05) is 69.2 Å². The van der Waals surface area contributed by atoms with Crippen LogP contribution in [0.25, 0.3) is 0 Å². The van der Waals surface area contributed by atoms with Gasteiger partial charge in [-0.15, -0.1) is 17.6 Å². The van der Waals surface area contributed by atoms with Crippen molar-refractivity contribution in [2.75, 3.05) is 14.2 Å². The molecule has 0 radical (unpaired) electrons. The molecule has 18 nitrogen and oxygen atoms in total. The number of carbonyl (C=O) groups is 5. The van der Waals surface area contributed by atoms with Gasteiger partial charge in [0.2, 0.25) is 0 Å². The maximum atomic E-state index is 13.7. The molecule has 0 aromatic heterocycles. The van der Waals surface area contributed by atoms with Crippen LogP contribution < -0.4 is 37.1 Å². The van der Waals surface area contributed by atoms with Crippen molar-refractivity contribution in [3.05, 3.63) is 117 Å². The van der Waals surface area contributed by atoms with Crippen LogP contribution in [0, 0.1) is 13.8 Å². The number of halogens is 1. The summed E-state index contributed by atoms with van der Waals surface area (Å²) in [6.45, 7) is 22.1. The number of nitrogens with two attached hydrogens (primary N) is 1. The fourth-order valence-corrected chi connectivity index (χ4v) is 7.02. The van der Waals surface area contributed by atoms with E-state index in [0.717, 1.165) is 0 Å². The third-order valence-corrected chi connectivity index (χ3v) is 11.6. The topological polar surface area (TPSA) is 241 Å². The van der Waals surface area contributed by atoms with Gasteiger partial charge in [0.1, 0.15) is 17.8 Å². The molecule has 4 amide bonds. The quantitative estimate of drug-likeness (QED) is 0.0879. The van der Waals surface area contributed by atoms with E-state index in [4.69, 9.17) is 28.7 Å². The van der Waals surface area contributed by atoms with Gasteiger partial charge < -0.3 is 33.8 Å². The Kier molecular flexibility index (Phi) is 18.9. The molecular formula is C48H63B2ClN6O12. The van der Waals surface area contributed by atoms with Crippen LogP contribution in [0.4, 0.5) is 0 Å². The summed E-state index contributed by atoms with van der Waals surface area (Å²) in [5.41, 5.74) is 7.41. The summed E-state index contributed by atoms with van der Waals surface area (Å²) in [5, 5.41) is 22.7. The minimum Gasteiger partial charge on any atom is -0.496 e. The highest BCUT2D eigenvalue weighted by atomic mass is 35.5. The van der Waals surface area contributed by atoms with E-state index in [9.17, 15) is 29.0 Å². The molecule has 1 fully saturated rings. The molecule has 0 bridgehead atoms. The predicted molar refractivity (Wildman–Crippen MR) is 266 cm³/mol. The Morgan fingerprint density at radius 1 is 0.710 bits per heavy atom. The molecule has 0 atom stereocenters. The summed E-state index contributed by atoms with van der Waals surface area (Å²) >= 11 is 0. The summed E-state index contributed by atoms with van der Waals surface area (Å²) < 4.78 is 27.7. The number of hydrogen-bond donors (Lipinski definition) is 5. The fourth-order valence-electron chi connectivity index (χ4n) is 7.02. The molecule has 4 aromatic carbocycles. The van der Waals surface area contributed by atoms with E-state index in [1.54, 1.807) is 80.6 Å². The van der Waals surface area contributed by atoms with Gasteiger partial charge in [0.05, 0.1) is 42.7 Å². The second kappa shape index (κ2) is 22.9. The normalized spacial score (nSPS) is 14.2. The van der Waals surface area contributed by atoms with Crippen LogP contribution in [0.1, 0.15) is 138 Å². The Bertz CT molecular complexity index is 2550. The van der Waals surface area contributed by atoms with Crippen molar-refractivity contribution in [1.82, 2.24) is 20.9 Å². The first kappa shape index (κ1) is 57.0. The highest BCUT2D eigenvalue weighted by molar-refractivity contribution is 6.63. The average Bonchev–Trinajstić information content (AvgIpc) is 3.52. The summed E-state index contributed by atoms with van der Waals surface area (Å²) in [4.78, 5) is 65.0. The van der Waals surface area contributed by atoms with Gasteiger partial charge in [-0.1, -0.05) is 24.3 Å². The molecule has 2 aliphatic rings. The lowest BCUT2D eigenvalue weighted by Crippen LogP contribution is -2.56. The number of ether oxygens (including phenoxy) is 2. The van der Waals surface area contributed by atoms with Crippen molar-refractivity contribution in [1.29, 1.82) is 0 Å². The average molecular weight is 973 g/mol. The maximum absolute atomic E-state index is 13.7. The summed E-state index contributed by atoms with van der Waals surface area (Å²) in [5.74, 6) is 2.93. The zero-order chi connectivity index (χ0) is 51.1. The molecule has 0 aliphatic carbocycles. The molecule has 1 saturated heterocycles. The number of benzene rings is 4. The second-order valence-electron chi connectivity index (χ2n) is 18.9. The number of amides is 4. The number of fused-ring (bicyclic) bond motifs is 1. The van der Waals surface area contributed by atoms with Gasteiger partial charge in [-0.05, 0) is 143 Å². The molecule has 6 rings (SSSR count). The minimum absolute atomic E-state index is 0. The first-order chi connectivity index (χ1) is 31.8. The highest BCUT2D eigenvalue weighted by Crippen LogP contribution is 2.37. The van der Waals surface area contributed by atoms with E-state index in [-0.39, 0.29) is 18.0 Å². The lowest BCUT2D eigenvalue weighted by atomic mass is 9.75. The third kappa shape index (κ3) is 12.9. The van der Waals surface area contributed by atoms with Gasteiger partial charge in [-0.3, -0.25) is 34.8 Å². The molecule has 0 saturated carbocycles. The Morgan fingerprint density at radius 2 is 1.13 bits per heavy atom. The molecular weight excluding hydrogens is 910 g/mol. The number of carbonyl (C=O) groups excluding carboxylic acids is 5. The van der Waals surface area contributed by atoms with Crippen LogP contribution >= 0.6 is 12.4 Å². The van der Waals surface area contributed by atoms with Gasteiger partial charge in [0.15, 0.2) is 0 Å². The monoisotopic (exact) mass is 972 g/mol. The molecule has 370 valence electrons. The summed E-state index contributed by atoms with van der Waals surface area (Å²) in [6, 6.07) is 19.9. The molecule has 2 heterocycles. The first-order valence-electron chi connectivity index (χ1n) is 21.6. The summed E-state index contributed by atoms with van der Waals surface area (Å²) in [6.07, 6.45) is 2.18. The molecule has 0 unspecified atom stereocenters. The van der Waals surface area contributed by atoms with Crippen molar-refractivity contribution in [3.8, 4) is 11.5 Å². The molecule has 4 aromatic rings. The van der Waals surface area contributed by atoms with Gasteiger partial charge >= 0.3 is 14.2 Å². The predicted octanol–water partition coefficient (Wildman–Crippen LogP) is 5.10. The Morgan fingerprint density at radius 3 is 1.54 bits per heavy atom. The number of methoxy groups -OCH3 is 2. The Hall–Kier alpha value is -6.28. The Balaban J connectivity index is 0.000000353. The summed E-state index contributed by atoms with van der Waals surface area (Å²) in [7, 11) is 0.999. The fraction of sp³-hybridized carbons (Fsp3) is 0.375. The number of rotatable bonds is 8. The van der Waals surface area contributed by atoms with Crippen LogP contribution in [0.3, 0.4) is 0 Å². The standard InChI is InChI=1S/C27H35BN2O6.C21H24BN3O5.ClH.H3NO/c1-17-20(11-10-12-22(17)34-9)23(32)29-30(25(2,3)4)24(33)18-13-14-19(16-31)21(15-18)28-35-26(5,6)27(7,8)36-28;1-13-16(7-6-8-18(13)29-5)19(26)24-25(21(2,3)4)20(27)14-9-10-15-12-23-30-22(28)17(15)11-14;;1-2/h10-16H,1-9H3,(H,29,32);6-12,28H,1-5H3,(H,24,26);1H;2H,1H2. The van der Waals surface area contributed by atoms with Gasteiger partial charge in [-0.2, -0.15) is 0 Å². The van der Waals surface area contributed by atoms with Crippen LogP contribution in [-0.2, 0) is 14.1 Å². The van der Waals surface area contributed by atoms with E-state index in [2.05, 4.69) is 21.9 Å². The molecule has 2 aliphatic heterocycles. The minimum atomic E-state index is -1.25. The largest absolute Gasteiger partial charge is 0.583 e. The van der Waals surface area contributed by atoms with Crippen LogP contribution in [0.5, 0.6) is 11.5 Å². The van der Waals surface area contributed by atoms with Crippen molar-refractivity contribution in [3.63, 3.8) is 0 Å². The molecule has 69 heavy (non-hydrogen) atoms. The van der Waals surface area contributed by atoms with Crippen molar-refractivity contribution in [2.24, 2.45) is 11.1 Å². The number of nitrogens with one attached hydrogen (secondary N) is 2. The van der Waals surface area contributed by atoms with Crippen molar-refractivity contribution < 1.29 is 57.7 Å². The smallest absolute Gasteiger partial charge is 0.496 e. The van der Waals surface area contributed by atoms with E-state index in [1.165, 1.54) is 36.5 Å². The second-order valence-corrected chi connectivity index (χ2v) is 18.9. The number of hydrogen-bond acceptors (Lipinski definition) is 14. The van der Waals surface area contributed by atoms with E-state index in [0.29, 0.717) is 67.7 Å². The van der Waals surface area contributed by atoms with Gasteiger partial charge in [0, 0.05) is 44.4 Å². The maximum Gasteiger partial charge on any atom is 0.583 e. The lowest BCUT2D eigenvalue weighted by molar-refractivity contribution is 0.00578. The zero-order valence-electron chi connectivity index (χ0n) is 41.5. The molecule has 21 heteroatoms. The number of aldehydes is 1. The van der Waals surface area contributed by atoms with Gasteiger partial charge in [-0.25, -0.2) is 15.9 Å². The van der Waals surface area contributed by atoms with Crippen LogP contribution in [-0.4, -0.2) is 107 Å². The molecule has 6 N–H and O–H groups in total. The van der Waals surface area contributed by atoms with Crippen molar-refractivity contribution >= 4 is 73.7 Å². The van der Waals surface area contributed by atoms with Crippen LogP contribution in [0.2, 0.25) is 0 Å². The van der Waals surface area contributed by atoms with Crippen LogP contribution in [0.15, 0.2) is 78.0 Å². The SMILES string of the molecule is COc1cccc(C(=O)NN(C(=O)c2ccc(C=O)c(B3OC(C)(C)C(C)(C)O3)c2)C(C)(C)C)c1C.COc1cccc(C(=O)NN(C(=O)c2ccc3c(c2)B(O)ON=C3)C(C)(C)C)c1C.Cl.NO. The van der Waals surface area contributed by atoms with Crippen molar-refractivity contribution in [2.45, 2.75) is 105 Å². The van der Waals surface area contributed by atoms with Gasteiger partial charge in [0.25, 0.3) is 23.6 Å². The van der Waals surface area contributed by atoms with E-state index < -0.39 is 60.1 Å². The molecule has 0 spiro atoms. The first-order valence-corrected chi connectivity index (χ1v) is 21.6. The number of nitrogens with zero attached hydrogens (tertiary/aromatic N) is 3. The number of oxime groups is 1. The van der Waals surface area contributed by atoms with E-state index >= 15 is 0 Å². The number of hydrazine groups is 2.